The van der Waals surface area contributed by atoms with Crippen molar-refractivity contribution in [2.24, 2.45) is 4.99 Å². The molecular weight excluding hydrogens is 440 g/mol. The lowest BCUT2D eigenvalue weighted by atomic mass is 10.1. The highest BCUT2D eigenvalue weighted by molar-refractivity contribution is 9.10. The first kappa shape index (κ1) is 18.8. The first-order chi connectivity index (χ1) is 13.5. The van der Waals surface area contributed by atoms with Crippen molar-refractivity contribution in [1.82, 2.24) is 4.57 Å². The van der Waals surface area contributed by atoms with E-state index in [9.17, 15) is 14.7 Å². The van der Waals surface area contributed by atoms with Gasteiger partial charge < -0.3 is 5.11 Å². The standard InChI is InChI=1S/C21H17BrN2O3S/c1-2-3-4-12-5-8-14(9-6-12)24-20(26)18(28-21(24)27)17-15-11-13(22)7-10-16(15)23-19(17)25/h5-11,26H,2-4H2,1H3. The average molecular weight is 457 g/mol. The van der Waals surface area contributed by atoms with Crippen LogP contribution in [-0.2, 0) is 11.2 Å². The number of unbranched alkanes of at least 4 members (excludes halogenated alkanes) is 1. The van der Waals surface area contributed by atoms with E-state index in [2.05, 4.69) is 27.8 Å². The number of fused-ring (bicyclic) bond motifs is 1. The monoisotopic (exact) mass is 456 g/mol. The van der Waals surface area contributed by atoms with Crippen molar-refractivity contribution in [3.8, 4) is 11.6 Å². The SMILES string of the molecule is CCCCc1ccc(-n2c(O)c(C3=c4cc(Br)ccc4=NC3=O)sc2=O)cc1. The number of amides is 1. The Hall–Kier alpha value is -2.51. The second-order valence-corrected chi connectivity index (χ2v) is 8.46. The van der Waals surface area contributed by atoms with Crippen molar-refractivity contribution in [2.75, 3.05) is 0 Å². The predicted octanol–water partition coefficient (Wildman–Crippen LogP) is 3.07. The zero-order chi connectivity index (χ0) is 19.8. The van der Waals surface area contributed by atoms with Crippen LogP contribution in [0.15, 0.2) is 56.7 Å². The molecule has 142 valence electrons. The number of hydrogen-bond acceptors (Lipinski definition) is 4. The lowest BCUT2D eigenvalue weighted by Crippen LogP contribution is -2.22. The summed E-state index contributed by atoms with van der Waals surface area (Å²) in [6.45, 7) is 2.14. The number of aromatic hydroxyl groups is 1. The van der Waals surface area contributed by atoms with Gasteiger partial charge in [-0.1, -0.05) is 52.7 Å². The van der Waals surface area contributed by atoms with Gasteiger partial charge in [0, 0.05) is 9.69 Å². The van der Waals surface area contributed by atoms with E-state index in [1.54, 1.807) is 18.2 Å². The molecule has 1 aliphatic heterocycles. The van der Waals surface area contributed by atoms with E-state index in [4.69, 9.17) is 0 Å². The second-order valence-electron chi connectivity index (χ2n) is 6.58. The van der Waals surface area contributed by atoms with Crippen LogP contribution in [0, 0.1) is 0 Å². The van der Waals surface area contributed by atoms with Crippen LogP contribution < -0.4 is 15.4 Å². The molecular formula is C21H17BrN2O3S. The third-order valence-corrected chi connectivity index (χ3v) is 6.13. The molecule has 28 heavy (non-hydrogen) atoms. The molecule has 1 amide bonds. The van der Waals surface area contributed by atoms with Crippen LogP contribution >= 0.6 is 27.3 Å². The van der Waals surface area contributed by atoms with E-state index >= 15 is 0 Å². The van der Waals surface area contributed by atoms with Gasteiger partial charge in [0.25, 0.3) is 5.91 Å². The third kappa shape index (κ3) is 3.25. The van der Waals surface area contributed by atoms with Crippen molar-refractivity contribution >= 4 is 38.7 Å². The molecule has 0 spiro atoms. The Kier molecular flexibility index (Phi) is 5.03. The topological polar surface area (TPSA) is 71.7 Å². The number of aromatic nitrogens is 1. The van der Waals surface area contributed by atoms with E-state index in [-0.39, 0.29) is 21.2 Å². The molecule has 0 unspecified atom stereocenters. The molecule has 7 heteroatoms. The molecule has 0 fully saturated rings. The Bertz CT molecular complexity index is 1260. The maximum atomic E-state index is 12.6. The molecule has 3 aromatic rings. The van der Waals surface area contributed by atoms with Gasteiger partial charge in [0.15, 0.2) is 0 Å². The summed E-state index contributed by atoms with van der Waals surface area (Å²) in [5.41, 5.74) is 2.02. The molecule has 1 N–H and O–H groups in total. The Morgan fingerprint density at radius 1 is 1.14 bits per heavy atom. The van der Waals surface area contributed by atoms with E-state index in [0.29, 0.717) is 16.3 Å². The lowest BCUT2D eigenvalue weighted by molar-refractivity contribution is -0.112. The van der Waals surface area contributed by atoms with Crippen molar-refractivity contribution in [2.45, 2.75) is 26.2 Å². The summed E-state index contributed by atoms with van der Waals surface area (Å²) < 4.78 is 2.03. The molecule has 2 aromatic carbocycles. The van der Waals surface area contributed by atoms with Crippen molar-refractivity contribution in [3.63, 3.8) is 0 Å². The Balaban J connectivity index is 1.83. The van der Waals surface area contributed by atoms with Gasteiger partial charge in [0.1, 0.15) is 4.88 Å². The third-order valence-electron chi connectivity index (χ3n) is 4.69. The smallest absolute Gasteiger partial charge is 0.315 e. The van der Waals surface area contributed by atoms with Gasteiger partial charge >= 0.3 is 4.87 Å². The fourth-order valence-corrected chi connectivity index (χ4v) is 4.56. The number of hydrogen-bond donors (Lipinski definition) is 1. The fourth-order valence-electron chi connectivity index (χ4n) is 3.26. The maximum Gasteiger partial charge on any atom is 0.315 e. The molecule has 1 aromatic heterocycles. The first-order valence-electron chi connectivity index (χ1n) is 8.97. The summed E-state index contributed by atoms with van der Waals surface area (Å²) in [7, 11) is 0. The van der Waals surface area contributed by atoms with Crippen LogP contribution in [0.1, 0.15) is 30.2 Å². The summed E-state index contributed by atoms with van der Waals surface area (Å²) in [5, 5.41) is 11.9. The highest BCUT2D eigenvalue weighted by atomic mass is 79.9. The molecule has 0 bridgehead atoms. The van der Waals surface area contributed by atoms with Crippen LogP contribution in [0.2, 0.25) is 0 Å². The number of carbonyl (C=O) groups is 1. The van der Waals surface area contributed by atoms with Gasteiger partial charge in [0.2, 0.25) is 5.88 Å². The molecule has 0 saturated carbocycles. The van der Waals surface area contributed by atoms with Crippen LogP contribution in [0.5, 0.6) is 5.88 Å². The van der Waals surface area contributed by atoms with Crippen molar-refractivity contribution in [3.05, 3.63) is 77.6 Å². The van der Waals surface area contributed by atoms with Crippen LogP contribution in [-0.4, -0.2) is 15.6 Å². The van der Waals surface area contributed by atoms with Gasteiger partial charge in [-0.3, -0.25) is 9.59 Å². The number of carbonyl (C=O) groups excluding carboxylic acids is 1. The van der Waals surface area contributed by atoms with Crippen LogP contribution in [0.3, 0.4) is 0 Å². The number of halogens is 1. The van der Waals surface area contributed by atoms with Crippen LogP contribution in [0.4, 0.5) is 0 Å². The summed E-state index contributed by atoms with van der Waals surface area (Å²) in [5.74, 6) is -0.686. The number of aryl methyl sites for hydroxylation is 1. The zero-order valence-corrected chi connectivity index (χ0v) is 17.5. The highest BCUT2D eigenvalue weighted by Gasteiger charge is 2.26. The lowest BCUT2D eigenvalue weighted by Gasteiger charge is -2.06. The van der Waals surface area contributed by atoms with Gasteiger partial charge in [-0.15, -0.1) is 0 Å². The fraction of sp³-hybridized carbons (Fsp3) is 0.190. The Morgan fingerprint density at radius 3 is 2.61 bits per heavy atom. The van der Waals surface area contributed by atoms with Crippen molar-refractivity contribution in [1.29, 1.82) is 0 Å². The minimum Gasteiger partial charge on any atom is -0.493 e. The van der Waals surface area contributed by atoms with Gasteiger partial charge in [0.05, 0.1) is 16.6 Å². The summed E-state index contributed by atoms with van der Waals surface area (Å²) in [6, 6.07) is 12.9. The van der Waals surface area contributed by atoms with Gasteiger partial charge in [-0.2, -0.15) is 0 Å². The maximum absolute atomic E-state index is 12.6. The number of thiazole rings is 1. The minimum atomic E-state index is -0.452. The molecule has 0 saturated heterocycles. The normalized spacial score (nSPS) is 12.9. The molecule has 0 aliphatic carbocycles. The molecule has 2 heterocycles. The molecule has 5 nitrogen and oxygen atoms in total. The summed E-state index contributed by atoms with van der Waals surface area (Å²) in [4.78, 5) is 29.0. The van der Waals surface area contributed by atoms with Crippen LogP contribution in [0.25, 0.3) is 11.3 Å². The first-order valence-corrected chi connectivity index (χ1v) is 10.6. The van der Waals surface area contributed by atoms with Crippen molar-refractivity contribution < 1.29 is 9.90 Å². The number of nitrogens with zero attached hydrogens (tertiary/aromatic N) is 2. The minimum absolute atomic E-state index is 0.234. The van der Waals surface area contributed by atoms with E-state index in [0.717, 1.165) is 35.1 Å². The predicted molar refractivity (Wildman–Crippen MR) is 113 cm³/mol. The van der Waals surface area contributed by atoms with Gasteiger partial charge in [-0.25, -0.2) is 9.56 Å². The Morgan fingerprint density at radius 2 is 1.89 bits per heavy atom. The number of rotatable bonds is 5. The zero-order valence-electron chi connectivity index (χ0n) is 15.1. The van der Waals surface area contributed by atoms with Gasteiger partial charge in [-0.05, 0) is 48.7 Å². The Labute approximate surface area is 173 Å². The number of benzene rings is 2. The van der Waals surface area contributed by atoms with E-state index in [1.807, 2.05) is 24.3 Å². The summed E-state index contributed by atoms with van der Waals surface area (Å²) >= 11 is 4.24. The summed E-state index contributed by atoms with van der Waals surface area (Å²) in [6.07, 6.45) is 3.20. The van der Waals surface area contributed by atoms with E-state index in [1.165, 1.54) is 10.1 Å². The quantitative estimate of drug-likeness (QED) is 0.640. The molecule has 0 radical (unpaired) electrons. The van der Waals surface area contributed by atoms with E-state index < -0.39 is 5.91 Å². The molecule has 4 rings (SSSR count). The highest BCUT2D eigenvalue weighted by Crippen LogP contribution is 2.30. The average Bonchev–Trinajstić information content (AvgIpc) is 3.15. The second kappa shape index (κ2) is 7.48. The largest absolute Gasteiger partial charge is 0.493 e. The molecule has 0 atom stereocenters. The molecule has 1 aliphatic rings.